The van der Waals surface area contributed by atoms with Crippen molar-refractivity contribution in [2.75, 3.05) is 0 Å². The summed E-state index contributed by atoms with van der Waals surface area (Å²) in [5, 5.41) is 0. The SMILES string of the molecule is CC(N)Cc1ccc(I)cc1I. The van der Waals surface area contributed by atoms with Gasteiger partial charge in [0.15, 0.2) is 0 Å². The summed E-state index contributed by atoms with van der Waals surface area (Å²) in [4.78, 5) is 0. The highest BCUT2D eigenvalue weighted by Gasteiger charge is 2.02. The molecule has 1 aromatic carbocycles. The first-order chi connectivity index (χ1) is 5.59. The summed E-state index contributed by atoms with van der Waals surface area (Å²) in [6.07, 6.45) is 0.967. The molecule has 66 valence electrons. The topological polar surface area (TPSA) is 26.0 Å². The maximum absolute atomic E-state index is 5.73. The van der Waals surface area contributed by atoms with Gasteiger partial charge in [0, 0.05) is 13.2 Å². The lowest BCUT2D eigenvalue weighted by Crippen LogP contribution is -2.18. The van der Waals surface area contributed by atoms with Crippen molar-refractivity contribution in [3.63, 3.8) is 0 Å². The van der Waals surface area contributed by atoms with Gasteiger partial charge in [-0.25, -0.2) is 0 Å². The molecule has 0 radical (unpaired) electrons. The summed E-state index contributed by atoms with van der Waals surface area (Å²) in [6, 6.07) is 6.71. The van der Waals surface area contributed by atoms with Crippen LogP contribution in [0.1, 0.15) is 12.5 Å². The minimum absolute atomic E-state index is 0.249. The van der Waals surface area contributed by atoms with Gasteiger partial charge < -0.3 is 5.73 Å². The largest absolute Gasteiger partial charge is 0.328 e. The van der Waals surface area contributed by atoms with Gasteiger partial charge in [-0.3, -0.25) is 0 Å². The molecule has 0 saturated carbocycles. The van der Waals surface area contributed by atoms with Crippen molar-refractivity contribution in [1.29, 1.82) is 0 Å². The second kappa shape index (κ2) is 4.76. The Bertz CT molecular complexity index is 271. The fourth-order valence-electron chi connectivity index (χ4n) is 1.03. The van der Waals surface area contributed by atoms with E-state index in [-0.39, 0.29) is 6.04 Å². The standard InChI is InChI=1S/C9H11I2N/c1-6(12)4-7-2-3-8(10)5-9(7)11/h2-3,5-6H,4,12H2,1H3. The smallest absolute Gasteiger partial charge is 0.0173 e. The Morgan fingerprint density at radius 3 is 2.58 bits per heavy atom. The number of nitrogens with two attached hydrogens (primary N) is 1. The van der Waals surface area contributed by atoms with E-state index in [1.807, 2.05) is 6.92 Å². The zero-order chi connectivity index (χ0) is 9.14. The quantitative estimate of drug-likeness (QED) is 0.777. The van der Waals surface area contributed by atoms with Gasteiger partial charge in [0.2, 0.25) is 0 Å². The van der Waals surface area contributed by atoms with E-state index in [4.69, 9.17) is 5.73 Å². The lowest BCUT2D eigenvalue weighted by atomic mass is 10.1. The van der Waals surface area contributed by atoms with Crippen molar-refractivity contribution < 1.29 is 0 Å². The molecule has 1 rings (SSSR count). The van der Waals surface area contributed by atoms with E-state index in [0.717, 1.165) is 6.42 Å². The van der Waals surface area contributed by atoms with Crippen LogP contribution in [0.5, 0.6) is 0 Å². The van der Waals surface area contributed by atoms with E-state index >= 15 is 0 Å². The second-order valence-corrected chi connectivity index (χ2v) is 5.32. The first kappa shape index (κ1) is 10.7. The number of rotatable bonds is 2. The Morgan fingerprint density at radius 1 is 1.42 bits per heavy atom. The van der Waals surface area contributed by atoms with Gasteiger partial charge >= 0.3 is 0 Å². The van der Waals surface area contributed by atoms with E-state index in [0.29, 0.717) is 0 Å². The number of benzene rings is 1. The summed E-state index contributed by atoms with van der Waals surface area (Å²) in [7, 11) is 0. The monoisotopic (exact) mass is 387 g/mol. The Labute approximate surface area is 100 Å². The molecule has 1 unspecified atom stereocenters. The third-order valence-corrected chi connectivity index (χ3v) is 3.23. The maximum Gasteiger partial charge on any atom is 0.0173 e. The van der Waals surface area contributed by atoms with Crippen molar-refractivity contribution in [1.82, 2.24) is 0 Å². The van der Waals surface area contributed by atoms with Crippen molar-refractivity contribution >= 4 is 45.2 Å². The van der Waals surface area contributed by atoms with E-state index in [1.165, 1.54) is 12.7 Å². The fourth-order valence-corrected chi connectivity index (χ4v) is 2.86. The minimum Gasteiger partial charge on any atom is -0.328 e. The van der Waals surface area contributed by atoms with Gasteiger partial charge in [-0.1, -0.05) is 6.07 Å². The van der Waals surface area contributed by atoms with Crippen molar-refractivity contribution in [2.45, 2.75) is 19.4 Å². The molecule has 0 aliphatic heterocycles. The van der Waals surface area contributed by atoms with Crippen LogP contribution in [0.2, 0.25) is 0 Å². The molecule has 12 heavy (non-hydrogen) atoms. The minimum atomic E-state index is 0.249. The van der Waals surface area contributed by atoms with Crippen LogP contribution in [0.4, 0.5) is 0 Å². The molecule has 0 bridgehead atoms. The molecular weight excluding hydrogens is 376 g/mol. The van der Waals surface area contributed by atoms with Crippen molar-refractivity contribution in [2.24, 2.45) is 5.73 Å². The van der Waals surface area contributed by atoms with Gasteiger partial charge in [0.05, 0.1) is 0 Å². The molecule has 0 heterocycles. The second-order valence-electron chi connectivity index (χ2n) is 2.92. The molecule has 0 saturated heterocycles. The molecular formula is C9H11I2N. The highest BCUT2D eigenvalue weighted by molar-refractivity contribution is 14.1. The average Bonchev–Trinajstić information content (AvgIpc) is 1.94. The lowest BCUT2D eigenvalue weighted by Gasteiger charge is -2.07. The summed E-state index contributed by atoms with van der Waals surface area (Å²) in [6.45, 7) is 2.04. The van der Waals surface area contributed by atoms with Gasteiger partial charge in [-0.2, -0.15) is 0 Å². The normalized spacial score (nSPS) is 13.0. The van der Waals surface area contributed by atoms with Crippen molar-refractivity contribution in [3.8, 4) is 0 Å². The highest BCUT2D eigenvalue weighted by atomic mass is 127. The van der Waals surface area contributed by atoms with Crippen LogP contribution in [-0.4, -0.2) is 6.04 Å². The lowest BCUT2D eigenvalue weighted by molar-refractivity contribution is 0.735. The molecule has 0 aromatic heterocycles. The predicted molar refractivity (Wildman–Crippen MR) is 69.2 cm³/mol. The molecule has 3 heteroatoms. The Kier molecular flexibility index (Phi) is 4.25. The zero-order valence-electron chi connectivity index (χ0n) is 6.85. The van der Waals surface area contributed by atoms with E-state index in [2.05, 4.69) is 63.4 Å². The van der Waals surface area contributed by atoms with Crippen LogP contribution in [-0.2, 0) is 6.42 Å². The average molecular weight is 387 g/mol. The van der Waals surface area contributed by atoms with Crippen molar-refractivity contribution in [3.05, 3.63) is 30.9 Å². The Hall–Kier alpha value is 0.640. The highest BCUT2D eigenvalue weighted by Crippen LogP contribution is 2.16. The third-order valence-electron chi connectivity index (χ3n) is 1.56. The van der Waals surface area contributed by atoms with E-state index < -0.39 is 0 Å². The molecule has 0 spiro atoms. The maximum atomic E-state index is 5.73. The molecule has 0 aliphatic rings. The van der Waals surface area contributed by atoms with E-state index in [1.54, 1.807) is 0 Å². The van der Waals surface area contributed by atoms with Crippen LogP contribution in [0.15, 0.2) is 18.2 Å². The first-order valence-electron chi connectivity index (χ1n) is 3.79. The number of halogens is 2. The summed E-state index contributed by atoms with van der Waals surface area (Å²) in [5.74, 6) is 0. The van der Waals surface area contributed by atoms with Gasteiger partial charge in [0.25, 0.3) is 0 Å². The molecule has 0 aliphatic carbocycles. The summed E-state index contributed by atoms with van der Waals surface area (Å²) >= 11 is 4.68. The van der Waals surface area contributed by atoms with Crippen LogP contribution in [0.3, 0.4) is 0 Å². The van der Waals surface area contributed by atoms with Gasteiger partial charge in [-0.05, 0) is 76.2 Å². The summed E-state index contributed by atoms with van der Waals surface area (Å²) in [5.41, 5.74) is 7.08. The fraction of sp³-hybridized carbons (Fsp3) is 0.333. The molecule has 0 fully saturated rings. The third kappa shape index (κ3) is 3.18. The van der Waals surface area contributed by atoms with Crippen LogP contribution in [0, 0.1) is 7.14 Å². The summed E-state index contributed by atoms with van der Waals surface area (Å²) < 4.78 is 2.60. The zero-order valence-corrected chi connectivity index (χ0v) is 11.2. The first-order valence-corrected chi connectivity index (χ1v) is 5.95. The molecule has 2 N–H and O–H groups in total. The van der Waals surface area contributed by atoms with E-state index in [9.17, 15) is 0 Å². The molecule has 1 nitrogen and oxygen atoms in total. The molecule has 1 atom stereocenters. The molecule has 0 amide bonds. The Morgan fingerprint density at radius 2 is 2.08 bits per heavy atom. The number of hydrogen-bond donors (Lipinski definition) is 1. The van der Waals surface area contributed by atoms with Gasteiger partial charge in [0.1, 0.15) is 0 Å². The number of hydrogen-bond acceptors (Lipinski definition) is 1. The predicted octanol–water partition coefficient (Wildman–Crippen LogP) is 2.79. The van der Waals surface area contributed by atoms with Crippen LogP contribution < -0.4 is 5.73 Å². The van der Waals surface area contributed by atoms with Gasteiger partial charge in [-0.15, -0.1) is 0 Å². The Balaban J connectivity index is 2.86. The van der Waals surface area contributed by atoms with Crippen LogP contribution in [0.25, 0.3) is 0 Å². The molecule has 1 aromatic rings. The van der Waals surface area contributed by atoms with Crippen LogP contribution >= 0.6 is 45.2 Å².